The quantitative estimate of drug-likeness (QED) is 0.405. The Hall–Kier alpha value is -3.81. The van der Waals surface area contributed by atoms with Gasteiger partial charge in [0.2, 0.25) is 0 Å². The molecule has 8 heteroatoms. The molecule has 31 heavy (non-hydrogen) atoms. The van der Waals surface area contributed by atoms with E-state index in [-0.39, 0.29) is 5.71 Å². The van der Waals surface area contributed by atoms with Gasteiger partial charge in [-0.1, -0.05) is 42.4 Å². The number of fused-ring (bicyclic) bond motifs is 1. The maximum atomic E-state index is 12.3. The first-order chi connectivity index (χ1) is 14.9. The highest BCUT2D eigenvalue weighted by Gasteiger charge is 2.27. The number of carboxylic acids is 1. The van der Waals surface area contributed by atoms with Gasteiger partial charge in [0.15, 0.2) is 12.3 Å². The highest BCUT2D eigenvalue weighted by atomic mass is 16.6. The highest BCUT2D eigenvalue weighted by Crippen LogP contribution is 2.36. The molecule has 1 heterocycles. The van der Waals surface area contributed by atoms with E-state index < -0.39 is 18.5 Å². The Labute approximate surface area is 179 Å². The summed E-state index contributed by atoms with van der Waals surface area (Å²) in [4.78, 5) is 28.3. The van der Waals surface area contributed by atoms with Gasteiger partial charge < -0.3 is 25.0 Å². The molecule has 0 bridgehead atoms. The first-order valence-corrected chi connectivity index (χ1v) is 9.82. The number of primary amides is 1. The minimum atomic E-state index is -1.10. The van der Waals surface area contributed by atoms with Crippen LogP contribution in [0.1, 0.15) is 29.3 Å². The molecular formula is C23H25N3O5. The van der Waals surface area contributed by atoms with Gasteiger partial charge in [-0.05, 0) is 36.6 Å². The zero-order chi connectivity index (χ0) is 22.5. The van der Waals surface area contributed by atoms with Crippen LogP contribution in [0.2, 0.25) is 0 Å². The second kappa shape index (κ2) is 9.34. The highest BCUT2D eigenvalue weighted by molar-refractivity contribution is 6.47. The molecule has 1 amide bonds. The Morgan fingerprint density at radius 3 is 2.48 bits per heavy atom. The number of carbonyl (C=O) groups is 2. The molecule has 0 spiro atoms. The van der Waals surface area contributed by atoms with Crippen LogP contribution in [0.4, 0.5) is 0 Å². The Morgan fingerprint density at radius 1 is 1.19 bits per heavy atom. The van der Waals surface area contributed by atoms with Gasteiger partial charge in [0.05, 0.1) is 10.9 Å². The monoisotopic (exact) mass is 423 g/mol. The molecule has 162 valence electrons. The Morgan fingerprint density at radius 2 is 1.90 bits per heavy atom. The van der Waals surface area contributed by atoms with Crippen molar-refractivity contribution in [1.82, 2.24) is 4.57 Å². The number of nitrogens with two attached hydrogens (primary N) is 1. The van der Waals surface area contributed by atoms with E-state index in [0.29, 0.717) is 29.7 Å². The smallest absolute Gasteiger partial charge is 0.341 e. The topological polar surface area (TPSA) is 116 Å². The van der Waals surface area contributed by atoms with E-state index in [9.17, 15) is 9.59 Å². The van der Waals surface area contributed by atoms with Gasteiger partial charge in [0, 0.05) is 17.8 Å². The van der Waals surface area contributed by atoms with Gasteiger partial charge in [-0.25, -0.2) is 4.79 Å². The lowest BCUT2D eigenvalue weighted by atomic mass is 10.0. The van der Waals surface area contributed by atoms with Gasteiger partial charge in [-0.3, -0.25) is 4.79 Å². The summed E-state index contributed by atoms with van der Waals surface area (Å²) < 4.78 is 7.69. The van der Waals surface area contributed by atoms with Crippen molar-refractivity contribution in [3.8, 4) is 5.75 Å². The number of rotatable bonds is 9. The molecule has 3 N–H and O–H groups in total. The van der Waals surface area contributed by atoms with Crippen LogP contribution in [0.3, 0.4) is 0 Å². The number of carboxylic acid groups (broad SMARTS) is 1. The molecule has 3 aromatic rings. The van der Waals surface area contributed by atoms with Crippen molar-refractivity contribution >= 4 is 28.5 Å². The van der Waals surface area contributed by atoms with Crippen LogP contribution >= 0.6 is 0 Å². The van der Waals surface area contributed by atoms with Crippen molar-refractivity contribution in [2.75, 3.05) is 13.7 Å². The SMILES string of the molecule is CCc1c(/C(=N/OC)C(N)=O)c2c(OCC(=O)O)cc(C)cc2n1Cc1ccccc1. The minimum absolute atomic E-state index is 0.0415. The molecule has 3 rings (SSSR count). The van der Waals surface area contributed by atoms with Crippen LogP contribution in [0.25, 0.3) is 10.9 Å². The first kappa shape index (κ1) is 21.9. The number of carbonyl (C=O) groups excluding carboxylic acids is 1. The van der Waals surface area contributed by atoms with E-state index in [4.69, 9.17) is 20.4 Å². The third-order valence-electron chi connectivity index (χ3n) is 4.90. The van der Waals surface area contributed by atoms with E-state index in [1.807, 2.05) is 50.2 Å². The predicted molar refractivity (Wildman–Crippen MR) is 117 cm³/mol. The minimum Gasteiger partial charge on any atom is -0.481 e. The van der Waals surface area contributed by atoms with Crippen molar-refractivity contribution in [1.29, 1.82) is 0 Å². The maximum absolute atomic E-state index is 12.3. The molecule has 2 aromatic carbocycles. The number of benzene rings is 2. The van der Waals surface area contributed by atoms with Crippen molar-refractivity contribution in [3.63, 3.8) is 0 Å². The number of aryl methyl sites for hydroxylation is 1. The summed E-state index contributed by atoms with van der Waals surface area (Å²) in [5, 5.41) is 13.6. The average molecular weight is 423 g/mol. The normalized spacial score (nSPS) is 11.5. The van der Waals surface area contributed by atoms with E-state index >= 15 is 0 Å². The van der Waals surface area contributed by atoms with Gasteiger partial charge in [0.25, 0.3) is 5.91 Å². The molecule has 0 aliphatic carbocycles. The summed E-state index contributed by atoms with van der Waals surface area (Å²) in [6, 6.07) is 13.6. The second-order valence-corrected chi connectivity index (χ2v) is 7.07. The van der Waals surface area contributed by atoms with Gasteiger partial charge in [0.1, 0.15) is 12.9 Å². The molecule has 0 saturated heterocycles. The van der Waals surface area contributed by atoms with E-state index in [0.717, 1.165) is 22.3 Å². The molecule has 0 aliphatic heterocycles. The molecule has 0 unspecified atom stereocenters. The number of amides is 1. The van der Waals surface area contributed by atoms with Crippen molar-refractivity contribution in [3.05, 3.63) is 64.8 Å². The Bertz CT molecular complexity index is 1150. The fourth-order valence-corrected chi connectivity index (χ4v) is 3.75. The molecule has 0 saturated carbocycles. The molecule has 0 aliphatic rings. The second-order valence-electron chi connectivity index (χ2n) is 7.07. The van der Waals surface area contributed by atoms with Gasteiger partial charge >= 0.3 is 5.97 Å². The number of aromatic nitrogens is 1. The van der Waals surface area contributed by atoms with E-state index in [2.05, 4.69) is 9.72 Å². The lowest BCUT2D eigenvalue weighted by Crippen LogP contribution is -2.26. The third-order valence-corrected chi connectivity index (χ3v) is 4.90. The van der Waals surface area contributed by atoms with Crippen LogP contribution in [0.15, 0.2) is 47.6 Å². The predicted octanol–water partition coefficient (Wildman–Crippen LogP) is 2.86. The Balaban J connectivity index is 2.38. The summed E-state index contributed by atoms with van der Waals surface area (Å²) in [5.41, 5.74) is 9.65. The number of hydrogen-bond donors (Lipinski definition) is 2. The number of oxime groups is 1. The summed E-state index contributed by atoms with van der Waals surface area (Å²) >= 11 is 0. The number of hydrogen-bond acceptors (Lipinski definition) is 5. The summed E-state index contributed by atoms with van der Waals surface area (Å²) in [5.74, 6) is -1.50. The molecule has 0 fully saturated rings. The largest absolute Gasteiger partial charge is 0.481 e. The summed E-state index contributed by atoms with van der Waals surface area (Å²) in [6.45, 7) is 3.89. The van der Waals surface area contributed by atoms with E-state index in [1.54, 1.807) is 6.07 Å². The number of aliphatic carboxylic acids is 1. The first-order valence-electron chi connectivity index (χ1n) is 9.82. The van der Waals surface area contributed by atoms with Crippen molar-refractivity contribution in [2.45, 2.75) is 26.8 Å². The lowest BCUT2D eigenvalue weighted by Gasteiger charge is -2.11. The van der Waals surface area contributed by atoms with Crippen molar-refractivity contribution < 1.29 is 24.3 Å². The lowest BCUT2D eigenvalue weighted by molar-refractivity contribution is -0.139. The summed E-state index contributed by atoms with van der Waals surface area (Å²) in [6.07, 6.45) is 0.574. The van der Waals surface area contributed by atoms with Crippen molar-refractivity contribution in [2.24, 2.45) is 10.9 Å². The van der Waals surface area contributed by atoms with Crippen LogP contribution in [-0.2, 0) is 27.4 Å². The zero-order valence-electron chi connectivity index (χ0n) is 17.7. The molecule has 0 atom stereocenters. The maximum Gasteiger partial charge on any atom is 0.341 e. The van der Waals surface area contributed by atoms with Gasteiger partial charge in [-0.15, -0.1) is 0 Å². The standard InChI is InChI=1S/C23H25N3O5/c1-4-16-21(22(23(24)29)25-30-3)20-17(26(16)12-15-8-6-5-7-9-15)10-14(2)11-18(20)31-13-19(27)28/h5-11H,4,12-13H2,1-3H3,(H2,24,29)(H,27,28)/b25-22-. The molecular weight excluding hydrogens is 398 g/mol. The number of nitrogens with zero attached hydrogens (tertiary/aromatic N) is 2. The van der Waals surface area contributed by atoms with Gasteiger partial charge in [-0.2, -0.15) is 0 Å². The van der Waals surface area contributed by atoms with Crippen LogP contribution in [0.5, 0.6) is 5.75 Å². The number of ether oxygens (including phenoxy) is 1. The molecule has 8 nitrogen and oxygen atoms in total. The average Bonchev–Trinajstić information content (AvgIpc) is 3.03. The fourth-order valence-electron chi connectivity index (χ4n) is 3.75. The fraction of sp³-hybridized carbons (Fsp3) is 0.261. The zero-order valence-corrected chi connectivity index (χ0v) is 17.7. The Kier molecular flexibility index (Phi) is 6.59. The van der Waals surface area contributed by atoms with Crippen LogP contribution in [-0.4, -0.2) is 41.0 Å². The van der Waals surface area contributed by atoms with E-state index in [1.165, 1.54) is 7.11 Å². The van der Waals surface area contributed by atoms with Crippen LogP contribution in [0, 0.1) is 6.92 Å². The molecule has 0 radical (unpaired) electrons. The summed E-state index contributed by atoms with van der Waals surface area (Å²) in [7, 11) is 1.34. The van der Waals surface area contributed by atoms with Crippen LogP contribution < -0.4 is 10.5 Å². The molecule has 1 aromatic heterocycles. The third kappa shape index (κ3) is 4.53.